The van der Waals surface area contributed by atoms with Crippen molar-refractivity contribution in [2.45, 2.75) is 119 Å². The first-order chi connectivity index (χ1) is 22.9. The molecule has 5 atom stereocenters. The number of carbonyl (C=O) groups is 2. The largest absolute Gasteiger partial charge is 0.366 e. The van der Waals surface area contributed by atoms with Crippen LogP contribution in [-0.2, 0) is 4.79 Å². The molecule has 2 heterocycles. The van der Waals surface area contributed by atoms with Crippen molar-refractivity contribution in [3.05, 3.63) is 68.8 Å². The van der Waals surface area contributed by atoms with Crippen LogP contribution in [-0.4, -0.2) is 41.5 Å². The summed E-state index contributed by atoms with van der Waals surface area (Å²) >= 11 is 0. The van der Waals surface area contributed by atoms with Crippen LogP contribution in [0.25, 0.3) is 10.9 Å². The van der Waals surface area contributed by atoms with Crippen molar-refractivity contribution in [2.24, 2.45) is 29.4 Å². The maximum atomic E-state index is 12.8. The lowest BCUT2D eigenvalue weighted by Crippen LogP contribution is -2.31. The predicted molar refractivity (Wildman–Crippen MR) is 200 cm³/mol. The van der Waals surface area contributed by atoms with E-state index in [0.29, 0.717) is 23.8 Å². The van der Waals surface area contributed by atoms with Gasteiger partial charge in [0.15, 0.2) is 0 Å². The molecule has 2 amide bonds. The maximum Gasteiger partial charge on any atom is 0.251 e. The van der Waals surface area contributed by atoms with Gasteiger partial charge < -0.3 is 25.9 Å². The maximum absolute atomic E-state index is 12.8. The standard InChI is InChI=1S/C32H52N4O2.C8H11NO/c1-6-11-25-18-24(7-2)19-26(20-25)21-30(37)35-16-10-12-27(15-17-34-5)22(3)36-23(4)31(32(33)38)28-13-8-9-14-29(28)36;1-5-4-6(2)9-8(10)7(5)3/h8-9,13-14,22,24-27,34H,6-7,10-12,15-21H2,1-5H3,(H2,33,38)(H,35,37);4H,1-3H3,(H,9,10)/t22-,24?,25?,26-,27?;/m0./s1. The SMILES string of the molecule is CCCC1CC(CC)C[C@H](CC(=O)NCCCC(CCNC)[C@H](C)n2c(C)c(C(N)=O)c3ccccc32)C1.Cc1cc(C)c(C)c(=O)[nH]1. The van der Waals surface area contributed by atoms with Crippen LogP contribution < -0.4 is 21.9 Å². The van der Waals surface area contributed by atoms with Gasteiger partial charge in [0.1, 0.15) is 0 Å². The van der Waals surface area contributed by atoms with Crippen LogP contribution in [0.1, 0.15) is 124 Å². The number of hydrogen-bond acceptors (Lipinski definition) is 4. The number of hydrogen-bond donors (Lipinski definition) is 4. The van der Waals surface area contributed by atoms with Crippen LogP contribution in [0.5, 0.6) is 0 Å². The highest BCUT2D eigenvalue weighted by molar-refractivity contribution is 6.07. The molecule has 3 aromatic rings. The van der Waals surface area contributed by atoms with Crippen molar-refractivity contribution >= 4 is 22.7 Å². The Labute approximate surface area is 289 Å². The Bertz CT molecular complexity index is 1540. The van der Waals surface area contributed by atoms with Crippen LogP contribution in [0, 0.1) is 51.4 Å². The van der Waals surface area contributed by atoms with E-state index >= 15 is 0 Å². The van der Waals surface area contributed by atoms with Gasteiger partial charge in [0.25, 0.3) is 11.5 Å². The minimum Gasteiger partial charge on any atom is -0.366 e. The Morgan fingerprint density at radius 1 is 1.00 bits per heavy atom. The number of para-hydroxylation sites is 1. The summed E-state index contributed by atoms with van der Waals surface area (Å²) in [6.45, 7) is 16.1. The number of aryl methyl sites for hydroxylation is 2. The lowest BCUT2D eigenvalue weighted by atomic mass is 9.72. The zero-order valence-corrected chi connectivity index (χ0v) is 31.0. The van der Waals surface area contributed by atoms with Crippen LogP contribution in [0.4, 0.5) is 0 Å². The average Bonchev–Trinajstić information content (AvgIpc) is 3.35. The fourth-order valence-electron chi connectivity index (χ4n) is 8.09. The first kappa shape index (κ1) is 39.1. The van der Waals surface area contributed by atoms with Gasteiger partial charge in [-0.3, -0.25) is 14.4 Å². The van der Waals surface area contributed by atoms with Crippen LogP contribution in [0.2, 0.25) is 0 Å². The summed E-state index contributed by atoms with van der Waals surface area (Å²) in [5.74, 6) is 2.39. The van der Waals surface area contributed by atoms with Crippen LogP contribution in [0.15, 0.2) is 35.1 Å². The average molecular weight is 662 g/mol. The quantitative estimate of drug-likeness (QED) is 0.125. The van der Waals surface area contributed by atoms with Crippen molar-refractivity contribution in [3.8, 4) is 0 Å². The third-order valence-corrected chi connectivity index (χ3v) is 10.8. The summed E-state index contributed by atoms with van der Waals surface area (Å²) in [5.41, 5.74) is 11.2. The molecule has 2 aromatic heterocycles. The van der Waals surface area contributed by atoms with E-state index in [2.05, 4.69) is 47.0 Å². The molecule has 3 unspecified atom stereocenters. The number of nitrogens with one attached hydrogen (secondary N) is 3. The molecule has 1 aromatic carbocycles. The number of nitrogens with zero attached hydrogens (tertiary/aromatic N) is 1. The summed E-state index contributed by atoms with van der Waals surface area (Å²) < 4.78 is 2.30. The number of primary amides is 1. The van der Waals surface area contributed by atoms with E-state index in [9.17, 15) is 14.4 Å². The van der Waals surface area contributed by atoms with E-state index in [1.165, 1.54) is 38.5 Å². The van der Waals surface area contributed by atoms with E-state index in [1.54, 1.807) is 0 Å². The van der Waals surface area contributed by atoms with Crippen molar-refractivity contribution < 1.29 is 9.59 Å². The fourth-order valence-corrected chi connectivity index (χ4v) is 8.09. The number of pyridine rings is 1. The Hall–Kier alpha value is -3.39. The summed E-state index contributed by atoms with van der Waals surface area (Å²) in [6.07, 6.45) is 11.3. The Morgan fingerprint density at radius 3 is 2.33 bits per heavy atom. The van der Waals surface area contributed by atoms with Crippen molar-refractivity contribution in [1.29, 1.82) is 0 Å². The van der Waals surface area contributed by atoms with Gasteiger partial charge in [-0.1, -0.05) is 51.3 Å². The second-order valence-electron chi connectivity index (χ2n) is 14.4. The number of aromatic nitrogens is 2. The summed E-state index contributed by atoms with van der Waals surface area (Å²) in [5, 5.41) is 7.47. The highest BCUT2D eigenvalue weighted by atomic mass is 16.2. The fraction of sp³-hybridized carbons (Fsp3) is 0.625. The third kappa shape index (κ3) is 10.6. The minimum atomic E-state index is -0.372. The van der Waals surface area contributed by atoms with E-state index < -0.39 is 0 Å². The topological polar surface area (TPSA) is 122 Å². The van der Waals surface area contributed by atoms with Crippen LogP contribution >= 0.6 is 0 Å². The van der Waals surface area contributed by atoms with E-state index in [-0.39, 0.29) is 23.4 Å². The number of aromatic amines is 1. The summed E-state index contributed by atoms with van der Waals surface area (Å²) in [7, 11) is 1.99. The lowest BCUT2D eigenvalue weighted by molar-refractivity contribution is -0.122. The molecule has 0 radical (unpaired) electrons. The highest BCUT2D eigenvalue weighted by Gasteiger charge is 2.29. The van der Waals surface area contributed by atoms with Gasteiger partial charge in [0, 0.05) is 46.9 Å². The molecule has 48 heavy (non-hydrogen) atoms. The zero-order chi connectivity index (χ0) is 35.4. The van der Waals surface area contributed by atoms with Gasteiger partial charge >= 0.3 is 0 Å². The lowest BCUT2D eigenvalue weighted by Gasteiger charge is -2.34. The molecule has 0 aliphatic heterocycles. The molecule has 0 bridgehead atoms. The molecule has 1 aliphatic rings. The highest BCUT2D eigenvalue weighted by Crippen LogP contribution is 2.39. The van der Waals surface area contributed by atoms with E-state index in [0.717, 1.165) is 77.6 Å². The summed E-state index contributed by atoms with van der Waals surface area (Å²) in [6, 6.07) is 10.2. The molecule has 8 nitrogen and oxygen atoms in total. The second-order valence-corrected chi connectivity index (χ2v) is 14.4. The number of fused-ring (bicyclic) bond motifs is 1. The van der Waals surface area contributed by atoms with Gasteiger partial charge in [-0.15, -0.1) is 0 Å². The van der Waals surface area contributed by atoms with E-state index in [1.807, 2.05) is 59.0 Å². The Kier molecular flexibility index (Phi) is 15.4. The first-order valence-corrected chi connectivity index (χ1v) is 18.4. The summed E-state index contributed by atoms with van der Waals surface area (Å²) in [4.78, 5) is 38.8. The molecule has 1 aliphatic carbocycles. The molecular formula is C40H63N5O3. The van der Waals surface area contributed by atoms with Gasteiger partial charge in [-0.2, -0.15) is 0 Å². The molecule has 5 N–H and O–H groups in total. The number of H-pyrrole nitrogens is 1. The molecular weight excluding hydrogens is 598 g/mol. The number of amides is 2. The zero-order valence-electron chi connectivity index (χ0n) is 31.0. The van der Waals surface area contributed by atoms with Crippen molar-refractivity contribution in [3.63, 3.8) is 0 Å². The number of benzene rings is 1. The van der Waals surface area contributed by atoms with Crippen molar-refractivity contribution in [1.82, 2.24) is 20.2 Å². The Balaban J connectivity index is 0.000000533. The van der Waals surface area contributed by atoms with Gasteiger partial charge in [-0.05, 0) is 128 Å². The molecule has 1 fully saturated rings. The monoisotopic (exact) mass is 661 g/mol. The normalized spacial score (nSPS) is 19.0. The van der Waals surface area contributed by atoms with Gasteiger partial charge in [0.05, 0.1) is 5.56 Å². The predicted octanol–water partition coefficient (Wildman–Crippen LogP) is 7.66. The van der Waals surface area contributed by atoms with E-state index in [4.69, 9.17) is 5.73 Å². The minimum absolute atomic E-state index is 0.0255. The van der Waals surface area contributed by atoms with Crippen molar-refractivity contribution in [2.75, 3.05) is 20.1 Å². The first-order valence-electron chi connectivity index (χ1n) is 18.4. The Morgan fingerprint density at radius 2 is 1.69 bits per heavy atom. The number of rotatable bonds is 15. The smallest absolute Gasteiger partial charge is 0.251 e. The molecule has 0 spiro atoms. The van der Waals surface area contributed by atoms with Gasteiger partial charge in [0.2, 0.25) is 5.91 Å². The molecule has 0 saturated heterocycles. The van der Waals surface area contributed by atoms with Gasteiger partial charge in [-0.25, -0.2) is 0 Å². The molecule has 266 valence electrons. The number of carbonyl (C=O) groups excluding carboxylic acids is 2. The molecule has 8 heteroatoms. The number of nitrogens with two attached hydrogens (primary N) is 1. The second kappa shape index (κ2) is 19.0. The molecule has 1 saturated carbocycles. The molecule has 4 rings (SSSR count). The third-order valence-electron chi connectivity index (χ3n) is 10.8. The van der Waals surface area contributed by atoms with Crippen LogP contribution in [0.3, 0.4) is 0 Å².